The Morgan fingerprint density at radius 2 is 2.05 bits per heavy atom. The van der Waals surface area contributed by atoms with Crippen LogP contribution >= 0.6 is 0 Å². The van der Waals surface area contributed by atoms with Gasteiger partial charge in [-0.1, -0.05) is 19.3 Å². The highest BCUT2D eigenvalue weighted by molar-refractivity contribution is 5.78. The van der Waals surface area contributed by atoms with E-state index in [1.165, 1.54) is 0 Å². The minimum Gasteiger partial charge on any atom is -0.481 e. The number of nitrogens with one attached hydrogen (secondary N) is 2. The first-order valence-corrected chi connectivity index (χ1v) is 7.05. The van der Waals surface area contributed by atoms with Crippen molar-refractivity contribution >= 4 is 11.9 Å². The zero-order valence-corrected chi connectivity index (χ0v) is 11.5. The van der Waals surface area contributed by atoms with Crippen molar-refractivity contribution in [2.75, 3.05) is 0 Å². The number of carboxylic acids is 1. The SMILES string of the molecule is O=C(O)CC1(CC(=O)NCc2cnc[nH]2)CCCCC1. The standard InChI is InChI=1S/C14H21N3O3/c18-12(16-9-11-8-15-10-17-11)6-14(7-13(19)20)4-2-1-3-5-14/h8,10H,1-7,9H2,(H,15,17)(H,16,18)(H,19,20). The van der Waals surface area contributed by atoms with Crippen molar-refractivity contribution in [2.45, 2.75) is 51.5 Å². The lowest BCUT2D eigenvalue weighted by Gasteiger charge is -2.35. The lowest BCUT2D eigenvalue weighted by atomic mass is 9.69. The van der Waals surface area contributed by atoms with Gasteiger partial charge < -0.3 is 15.4 Å². The van der Waals surface area contributed by atoms with Gasteiger partial charge in [0.15, 0.2) is 0 Å². The molecule has 0 bridgehead atoms. The van der Waals surface area contributed by atoms with Gasteiger partial charge in [0.1, 0.15) is 0 Å². The molecule has 20 heavy (non-hydrogen) atoms. The summed E-state index contributed by atoms with van der Waals surface area (Å²) in [7, 11) is 0. The van der Waals surface area contributed by atoms with E-state index in [9.17, 15) is 9.59 Å². The lowest BCUT2D eigenvalue weighted by Crippen LogP contribution is -2.35. The Morgan fingerprint density at radius 1 is 1.30 bits per heavy atom. The average molecular weight is 279 g/mol. The van der Waals surface area contributed by atoms with Crippen LogP contribution in [-0.2, 0) is 16.1 Å². The molecule has 2 rings (SSSR count). The van der Waals surface area contributed by atoms with E-state index in [1.54, 1.807) is 12.5 Å². The minimum atomic E-state index is -0.812. The van der Waals surface area contributed by atoms with E-state index >= 15 is 0 Å². The van der Waals surface area contributed by atoms with Crippen LogP contribution in [0.3, 0.4) is 0 Å². The summed E-state index contributed by atoms with van der Waals surface area (Å²) in [5.41, 5.74) is 0.483. The number of imidazole rings is 1. The fourth-order valence-corrected chi connectivity index (χ4v) is 3.02. The second-order valence-corrected chi connectivity index (χ2v) is 5.66. The third-order valence-electron chi connectivity index (χ3n) is 4.01. The van der Waals surface area contributed by atoms with Crippen LogP contribution in [0.1, 0.15) is 50.6 Å². The summed E-state index contributed by atoms with van der Waals surface area (Å²) in [5, 5.41) is 11.9. The predicted molar refractivity (Wildman–Crippen MR) is 72.8 cm³/mol. The largest absolute Gasteiger partial charge is 0.481 e. The molecule has 110 valence electrons. The number of carbonyl (C=O) groups is 2. The summed E-state index contributed by atoms with van der Waals surface area (Å²) in [4.78, 5) is 29.9. The Morgan fingerprint density at radius 3 is 2.65 bits per heavy atom. The van der Waals surface area contributed by atoms with Crippen molar-refractivity contribution in [1.82, 2.24) is 15.3 Å². The van der Waals surface area contributed by atoms with Gasteiger partial charge in [-0.2, -0.15) is 0 Å². The molecule has 1 heterocycles. The molecule has 0 aliphatic heterocycles. The second kappa shape index (κ2) is 6.54. The molecule has 0 aromatic carbocycles. The molecule has 6 heteroatoms. The van der Waals surface area contributed by atoms with Crippen LogP contribution in [0.4, 0.5) is 0 Å². The van der Waals surface area contributed by atoms with Crippen LogP contribution in [-0.4, -0.2) is 27.0 Å². The highest BCUT2D eigenvalue weighted by atomic mass is 16.4. The van der Waals surface area contributed by atoms with Gasteiger partial charge in [-0.25, -0.2) is 4.98 Å². The van der Waals surface area contributed by atoms with Crippen LogP contribution in [0.25, 0.3) is 0 Å². The van der Waals surface area contributed by atoms with Gasteiger partial charge in [0.2, 0.25) is 5.91 Å². The molecule has 1 aromatic heterocycles. The average Bonchev–Trinajstić information content (AvgIpc) is 2.89. The zero-order valence-electron chi connectivity index (χ0n) is 11.5. The first-order chi connectivity index (χ1) is 9.60. The number of aliphatic carboxylic acids is 1. The van der Waals surface area contributed by atoms with Crippen LogP contribution in [0.15, 0.2) is 12.5 Å². The quantitative estimate of drug-likeness (QED) is 0.740. The zero-order chi connectivity index (χ0) is 14.4. The van der Waals surface area contributed by atoms with E-state index in [0.717, 1.165) is 37.8 Å². The highest BCUT2D eigenvalue weighted by Gasteiger charge is 2.36. The number of hydrogen-bond acceptors (Lipinski definition) is 3. The van der Waals surface area contributed by atoms with E-state index < -0.39 is 5.97 Å². The summed E-state index contributed by atoms with van der Waals surface area (Å²) in [5.74, 6) is -0.893. The monoisotopic (exact) mass is 279 g/mol. The third-order valence-corrected chi connectivity index (χ3v) is 4.01. The Hall–Kier alpha value is -1.85. The van der Waals surface area contributed by atoms with Gasteiger partial charge in [-0.05, 0) is 18.3 Å². The van der Waals surface area contributed by atoms with E-state index in [4.69, 9.17) is 5.11 Å². The number of hydrogen-bond donors (Lipinski definition) is 3. The van der Waals surface area contributed by atoms with Crippen molar-refractivity contribution in [3.05, 3.63) is 18.2 Å². The summed E-state index contributed by atoms with van der Waals surface area (Å²) < 4.78 is 0. The lowest BCUT2D eigenvalue weighted by molar-refractivity contribution is -0.141. The topological polar surface area (TPSA) is 95.1 Å². The Kier molecular flexibility index (Phi) is 4.76. The van der Waals surface area contributed by atoms with E-state index in [1.807, 2.05) is 0 Å². The second-order valence-electron chi connectivity index (χ2n) is 5.66. The summed E-state index contributed by atoms with van der Waals surface area (Å²) in [6.07, 6.45) is 8.44. The fraction of sp³-hybridized carbons (Fsp3) is 0.643. The van der Waals surface area contributed by atoms with E-state index in [0.29, 0.717) is 13.0 Å². The van der Waals surface area contributed by atoms with Gasteiger partial charge in [-0.3, -0.25) is 9.59 Å². The Balaban J connectivity index is 1.89. The maximum atomic E-state index is 12.1. The fourth-order valence-electron chi connectivity index (χ4n) is 3.02. The first-order valence-electron chi connectivity index (χ1n) is 7.05. The molecule has 1 aromatic rings. The number of aromatic amines is 1. The summed E-state index contributed by atoms with van der Waals surface area (Å²) in [6.45, 7) is 0.405. The predicted octanol–water partition coefficient (Wildman–Crippen LogP) is 1.84. The Labute approximate surface area is 118 Å². The molecule has 1 saturated carbocycles. The number of nitrogens with zero attached hydrogens (tertiary/aromatic N) is 1. The van der Waals surface area contributed by atoms with Crippen molar-refractivity contribution in [3.8, 4) is 0 Å². The summed E-state index contributed by atoms with van der Waals surface area (Å²) >= 11 is 0. The van der Waals surface area contributed by atoms with Gasteiger partial charge in [0, 0.05) is 12.6 Å². The molecule has 1 aliphatic carbocycles. The van der Waals surface area contributed by atoms with E-state index in [2.05, 4.69) is 15.3 Å². The number of aromatic nitrogens is 2. The summed E-state index contributed by atoms with van der Waals surface area (Å²) in [6, 6.07) is 0. The number of amides is 1. The van der Waals surface area contributed by atoms with Gasteiger partial charge in [-0.15, -0.1) is 0 Å². The Bertz CT molecular complexity index is 450. The smallest absolute Gasteiger partial charge is 0.303 e. The first kappa shape index (κ1) is 14.6. The molecule has 0 atom stereocenters. The molecular weight excluding hydrogens is 258 g/mol. The minimum absolute atomic E-state index is 0.0808. The van der Waals surface area contributed by atoms with Crippen molar-refractivity contribution in [1.29, 1.82) is 0 Å². The van der Waals surface area contributed by atoms with Crippen LogP contribution in [0, 0.1) is 5.41 Å². The maximum absolute atomic E-state index is 12.1. The molecule has 1 amide bonds. The molecule has 0 spiro atoms. The van der Waals surface area contributed by atoms with Crippen molar-refractivity contribution in [2.24, 2.45) is 5.41 Å². The molecule has 6 nitrogen and oxygen atoms in total. The normalized spacial score (nSPS) is 17.6. The molecular formula is C14H21N3O3. The van der Waals surface area contributed by atoms with Gasteiger partial charge in [0.25, 0.3) is 0 Å². The number of carbonyl (C=O) groups excluding carboxylic acids is 1. The van der Waals surface area contributed by atoms with Crippen LogP contribution in [0.2, 0.25) is 0 Å². The molecule has 0 saturated heterocycles. The number of rotatable bonds is 6. The maximum Gasteiger partial charge on any atom is 0.303 e. The number of carboxylic acid groups (broad SMARTS) is 1. The highest BCUT2D eigenvalue weighted by Crippen LogP contribution is 2.42. The molecule has 0 unspecified atom stereocenters. The third kappa shape index (κ3) is 4.08. The molecule has 1 fully saturated rings. The molecule has 3 N–H and O–H groups in total. The van der Waals surface area contributed by atoms with Gasteiger partial charge in [0.05, 0.1) is 25.0 Å². The van der Waals surface area contributed by atoms with Crippen molar-refractivity contribution in [3.63, 3.8) is 0 Å². The number of H-pyrrole nitrogens is 1. The van der Waals surface area contributed by atoms with Crippen molar-refractivity contribution < 1.29 is 14.7 Å². The van der Waals surface area contributed by atoms with E-state index in [-0.39, 0.29) is 17.7 Å². The molecule has 0 radical (unpaired) electrons. The van der Waals surface area contributed by atoms with Gasteiger partial charge >= 0.3 is 5.97 Å². The molecule has 1 aliphatic rings. The van der Waals surface area contributed by atoms with Crippen LogP contribution < -0.4 is 5.32 Å². The van der Waals surface area contributed by atoms with Crippen LogP contribution in [0.5, 0.6) is 0 Å².